The maximum absolute atomic E-state index is 13.0. The Labute approximate surface area is 148 Å². The van der Waals surface area contributed by atoms with E-state index in [1.807, 2.05) is 30.3 Å². The Morgan fingerprint density at radius 2 is 2.00 bits per heavy atom. The summed E-state index contributed by atoms with van der Waals surface area (Å²) in [4.78, 5) is 28.7. The molecule has 0 spiro atoms. The Morgan fingerprint density at radius 1 is 1.24 bits per heavy atom. The van der Waals surface area contributed by atoms with Gasteiger partial charge in [-0.25, -0.2) is 9.78 Å². The van der Waals surface area contributed by atoms with Gasteiger partial charge in [0.25, 0.3) is 5.56 Å². The molecule has 0 fully saturated rings. The Bertz CT molecular complexity index is 997. The van der Waals surface area contributed by atoms with Gasteiger partial charge in [-0.2, -0.15) is 0 Å². The lowest BCUT2D eigenvalue weighted by Gasteiger charge is -2.13. The van der Waals surface area contributed by atoms with Crippen LogP contribution in [-0.4, -0.2) is 26.4 Å². The van der Waals surface area contributed by atoms with E-state index in [1.54, 1.807) is 16.7 Å². The second-order valence-electron chi connectivity index (χ2n) is 5.41. The number of carboxylic acid groups (broad SMARTS) is 1. The number of benzene rings is 2. The Balaban J connectivity index is 2.18. The number of fused-ring (bicyclic) bond motifs is 1. The van der Waals surface area contributed by atoms with Crippen LogP contribution in [-0.2, 0) is 6.54 Å². The molecule has 1 heterocycles. The summed E-state index contributed by atoms with van der Waals surface area (Å²) in [6.07, 6.45) is 1.75. The molecule has 0 atom stereocenters. The molecule has 0 amide bonds. The van der Waals surface area contributed by atoms with E-state index < -0.39 is 5.97 Å². The Morgan fingerprint density at radius 3 is 2.68 bits per heavy atom. The van der Waals surface area contributed by atoms with Crippen LogP contribution in [0.15, 0.2) is 71.1 Å². The van der Waals surface area contributed by atoms with Crippen molar-refractivity contribution in [3.63, 3.8) is 0 Å². The van der Waals surface area contributed by atoms with E-state index in [2.05, 4.69) is 11.6 Å². The minimum absolute atomic E-state index is 0.0733. The molecule has 25 heavy (non-hydrogen) atoms. The highest BCUT2D eigenvalue weighted by atomic mass is 32.2. The van der Waals surface area contributed by atoms with Crippen LogP contribution in [0, 0.1) is 0 Å². The van der Waals surface area contributed by atoms with Crippen LogP contribution in [0.1, 0.15) is 15.9 Å². The molecule has 0 aliphatic heterocycles. The first-order valence-electron chi connectivity index (χ1n) is 7.65. The van der Waals surface area contributed by atoms with Crippen molar-refractivity contribution in [1.82, 2.24) is 9.55 Å². The quantitative estimate of drug-likeness (QED) is 0.418. The van der Waals surface area contributed by atoms with Gasteiger partial charge in [0.1, 0.15) is 0 Å². The molecule has 1 N–H and O–H groups in total. The average Bonchev–Trinajstić information content (AvgIpc) is 2.63. The zero-order valence-corrected chi connectivity index (χ0v) is 14.2. The fourth-order valence-electron chi connectivity index (χ4n) is 2.48. The van der Waals surface area contributed by atoms with Crippen LogP contribution in [0.2, 0.25) is 0 Å². The van der Waals surface area contributed by atoms with Gasteiger partial charge in [0.2, 0.25) is 0 Å². The van der Waals surface area contributed by atoms with Gasteiger partial charge >= 0.3 is 5.97 Å². The number of aromatic carboxylic acids is 1. The lowest BCUT2D eigenvalue weighted by molar-refractivity contribution is 0.0697. The number of nitrogens with zero attached hydrogens (tertiary/aromatic N) is 2. The molecular formula is C19H16N2O3S. The van der Waals surface area contributed by atoms with Crippen LogP contribution in [0.3, 0.4) is 0 Å². The molecule has 0 aliphatic carbocycles. The van der Waals surface area contributed by atoms with Gasteiger partial charge < -0.3 is 5.11 Å². The van der Waals surface area contributed by atoms with Crippen molar-refractivity contribution in [3.05, 3.63) is 82.7 Å². The molecule has 0 bridgehead atoms. The highest BCUT2D eigenvalue weighted by Gasteiger charge is 2.14. The highest BCUT2D eigenvalue weighted by molar-refractivity contribution is 7.99. The molecule has 2 aromatic carbocycles. The number of carboxylic acids is 1. The second-order valence-corrected chi connectivity index (χ2v) is 6.40. The van der Waals surface area contributed by atoms with Crippen LogP contribution >= 0.6 is 11.8 Å². The summed E-state index contributed by atoms with van der Waals surface area (Å²) in [7, 11) is 0. The maximum atomic E-state index is 13.0. The molecule has 5 nitrogen and oxygen atoms in total. The molecule has 126 valence electrons. The number of aromatic nitrogens is 2. The smallest absolute Gasteiger partial charge is 0.335 e. The van der Waals surface area contributed by atoms with Gasteiger partial charge in [-0.05, 0) is 23.8 Å². The van der Waals surface area contributed by atoms with Gasteiger partial charge in [0.05, 0.1) is 23.0 Å². The zero-order valence-electron chi connectivity index (χ0n) is 13.4. The van der Waals surface area contributed by atoms with Crippen LogP contribution in [0.25, 0.3) is 10.9 Å². The van der Waals surface area contributed by atoms with Crippen LogP contribution in [0.4, 0.5) is 0 Å². The first-order chi connectivity index (χ1) is 12.1. The van der Waals surface area contributed by atoms with Gasteiger partial charge in [0.15, 0.2) is 5.16 Å². The van der Waals surface area contributed by atoms with Crippen molar-refractivity contribution in [2.24, 2.45) is 0 Å². The van der Waals surface area contributed by atoms with Gasteiger partial charge in [0, 0.05) is 5.75 Å². The van der Waals surface area contributed by atoms with Crippen molar-refractivity contribution in [2.75, 3.05) is 5.75 Å². The van der Waals surface area contributed by atoms with E-state index >= 15 is 0 Å². The van der Waals surface area contributed by atoms with E-state index in [-0.39, 0.29) is 11.1 Å². The normalized spacial score (nSPS) is 10.7. The predicted octanol–water partition coefficient (Wildman–Crippen LogP) is 3.42. The first kappa shape index (κ1) is 17.0. The first-order valence-corrected chi connectivity index (χ1v) is 8.64. The number of hydrogen-bond donors (Lipinski definition) is 1. The topological polar surface area (TPSA) is 72.2 Å². The van der Waals surface area contributed by atoms with Crippen molar-refractivity contribution in [1.29, 1.82) is 0 Å². The molecule has 1 aromatic heterocycles. The third kappa shape index (κ3) is 3.64. The van der Waals surface area contributed by atoms with E-state index in [9.17, 15) is 9.59 Å². The van der Waals surface area contributed by atoms with E-state index in [1.165, 1.54) is 23.9 Å². The SMILES string of the molecule is C=CCSc1nc2ccc(C(=O)O)cc2c(=O)n1Cc1ccccc1. The third-order valence-electron chi connectivity index (χ3n) is 3.68. The number of carbonyl (C=O) groups is 1. The Kier molecular flexibility index (Phi) is 5.00. The average molecular weight is 352 g/mol. The van der Waals surface area contributed by atoms with Crippen molar-refractivity contribution >= 4 is 28.6 Å². The fourth-order valence-corrected chi connectivity index (χ4v) is 3.22. The molecule has 3 aromatic rings. The maximum Gasteiger partial charge on any atom is 0.335 e. The summed E-state index contributed by atoms with van der Waals surface area (Å²) >= 11 is 1.42. The molecule has 3 rings (SSSR count). The minimum Gasteiger partial charge on any atom is -0.478 e. The van der Waals surface area contributed by atoms with Gasteiger partial charge in [-0.15, -0.1) is 6.58 Å². The van der Waals surface area contributed by atoms with Crippen molar-refractivity contribution in [3.8, 4) is 0 Å². The molecule has 0 radical (unpaired) electrons. The lowest BCUT2D eigenvalue weighted by atomic mass is 10.1. The van der Waals surface area contributed by atoms with Crippen LogP contribution in [0.5, 0.6) is 0 Å². The van der Waals surface area contributed by atoms with Gasteiger partial charge in [-0.1, -0.05) is 48.2 Å². The number of rotatable bonds is 6. The standard InChI is InChI=1S/C19H16N2O3S/c1-2-10-25-19-20-16-9-8-14(18(23)24)11-15(16)17(22)21(19)12-13-6-4-3-5-7-13/h2-9,11H,1,10,12H2,(H,23,24). The number of thioether (sulfide) groups is 1. The summed E-state index contributed by atoms with van der Waals surface area (Å²) in [5, 5.41) is 10.1. The largest absolute Gasteiger partial charge is 0.478 e. The van der Waals surface area contributed by atoms with Crippen molar-refractivity contribution in [2.45, 2.75) is 11.7 Å². The zero-order chi connectivity index (χ0) is 17.8. The molecular weight excluding hydrogens is 336 g/mol. The van der Waals surface area contributed by atoms with Crippen molar-refractivity contribution < 1.29 is 9.90 Å². The van der Waals surface area contributed by atoms with E-state index in [0.29, 0.717) is 28.4 Å². The van der Waals surface area contributed by atoms with E-state index in [4.69, 9.17) is 5.11 Å². The molecule has 0 saturated heterocycles. The molecule has 0 aliphatic rings. The highest BCUT2D eigenvalue weighted by Crippen LogP contribution is 2.20. The van der Waals surface area contributed by atoms with E-state index in [0.717, 1.165) is 5.56 Å². The van der Waals surface area contributed by atoms with Crippen LogP contribution < -0.4 is 5.56 Å². The summed E-state index contributed by atoms with van der Waals surface area (Å²) in [6.45, 7) is 4.08. The lowest BCUT2D eigenvalue weighted by Crippen LogP contribution is -2.24. The molecule has 0 unspecified atom stereocenters. The monoisotopic (exact) mass is 352 g/mol. The summed E-state index contributed by atoms with van der Waals surface area (Å²) in [5.41, 5.74) is 1.29. The summed E-state index contributed by atoms with van der Waals surface area (Å²) in [5.74, 6) is -0.444. The molecule has 6 heteroatoms. The fraction of sp³-hybridized carbons (Fsp3) is 0.105. The third-order valence-corrected chi connectivity index (χ3v) is 4.65. The summed E-state index contributed by atoms with van der Waals surface area (Å²) < 4.78 is 1.58. The predicted molar refractivity (Wildman–Crippen MR) is 99.4 cm³/mol. The Hall–Kier alpha value is -2.86. The van der Waals surface area contributed by atoms with Gasteiger partial charge in [-0.3, -0.25) is 9.36 Å². The molecule has 0 saturated carbocycles. The second kappa shape index (κ2) is 7.36. The summed E-state index contributed by atoms with van der Waals surface area (Å²) in [6, 6.07) is 14.0. The minimum atomic E-state index is -1.07. The number of hydrogen-bond acceptors (Lipinski definition) is 4.